The highest BCUT2D eigenvalue weighted by molar-refractivity contribution is 6.35. The molecule has 0 aliphatic carbocycles. The second-order valence-electron chi connectivity index (χ2n) is 11.9. The van der Waals surface area contributed by atoms with E-state index in [0.717, 1.165) is 6.42 Å². The number of carbonyl (C=O) groups is 2. The molecule has 0 radical (unpaired) electrons. The number of anilines is 1. The summed E-state index contributed by atoms with van der Waals surface area (Å²) in [5.74, 6) is -0.444. The van der Waals surface area contributed by atoms with Crippen molar-refractivity contribution in [1.29, 1.82) is 0 Å². The summed E-state index contributed by atoms with van der Waals surface area (Å²) in [7, 11) is 0. The van der Waals surface area contributed by atoms with Gasteiger partial charge >= 0.3 is 0 Å². The monoisotopic (exact) mass is 585 g/mol. The smallest absolute Gasteiger partial charge is 0.261 e. The molecule has 3 unspecified atom stereocenters. The van der Waals surface area contributed by atoms with Crippen LogP contribution in [0, 0.1) is 5.82 Å². The van der Waals surface area contributed by atoms with Crippen molar-refractivity contribution in [2.45, 2.75) is 50.5 Å². The van der Waals surface area contributed by atoms with Gasteiger partial charge in [0, 0.05) is 56.4 Å². The summed E-state index contributed by atoms with van der Waals surface area (Å²) in [6.45, 7) is 10.4. The number of rotatable bonds is 4. The molecule has 3 saturated heterocycles. The maximum Gasteiger partial charge on any atom is 0.261 e. The van der Waals surface area contributed by atoms with E-state index >= 15 is 4.39 Å². The molecule has 0 spiro atoms. The largest absolute Gasteiger partial charge is 0.489 e. The summed E-state index contributed by atoms with van der Waals surface area (Å²) >= 11 is 6.90. The third-order valence-electron chi connectivity index (χ3n) is 8.86. The van der Waals surface area contributed by atoms with Gasteiger partial charge < -0.3 is 19.4 Å². The number of pyridine rings is 1. The highest BCUT2D eigenvalue weighted by Gasteiger charge is 2.47. The lowest BCUT2D eigenvalue weighted by atomic mass is 9.98. The SMILES string of the molecule is C=CC(=O)N1CCN2C(=O)c3c(N4CC(N5CCC(F)C5)CC4(C)C)nc(-c4ccccc4F)c(Cl)c3OCC2C1. The Morgan fingerprint density at radius 1 is 1.17 bits per heavy atom. The number of fused-ring (bicyclic) bond motifs is 2. The predicted molar refractivity (Wildman–Crippen MR) is 153 cm³/mol. The Kier molecular flexibility index (Phi) is 7.18. The summed E-state index contributed by atoms with van der Waals surface area (Å²) < 4.78 is 35.5. The van der Waals surface area contributed by atoms with E-state index in [-0.39, 0.29) is 52.1 Å². The van der Waals surface area contributed by atoms with Crippen molar-refractivity contribution in [2.24, 2.45) is 0 Å². The molecule has 218 valence electrons. The fraction of sp³-hybridized carbons (Fsp3) is 0.500. The standard InChI is InChI=1S/C30H34ClF2N5O3/c1-4-23(39)36-11-12-37-20(15-36)17-41-27-24(29(37)40)28(34-26(25(27)31)21-7-5-6-8-22(21)33)38-16-19(13-30(38,2)3)35-10-9-18(32)14-35/h4-8,18-20H,1,9-17H2,2-3H3. The van der Waals surface area contributed by atoms with Crippen molar-refractivity contribution in [3.05, 3.63) is 53.3 Å². The maximum atomic E-state index is 15.1. The fourth-order valence-electron chi connectivity index (χ4n) is 6.70. The first kappa shape index (κ1) is 27.9. The van der Waals surface area contributed by atoms with Crippen LogP contribution < -0.4 is 9.64 Å². The summed E-state index contributed by atoms with van der Waals surface area (Å²) in [6, 6.07) is 5.90. The fourth-order valence-corrected chi connectivity index (χ4v) is 7.00. The van der Waals surface area contributed by atoms with Crippen LogP contribution in [0.3, 0.4) is 0 Å². The zero-order valence-corrected chi connectivity index (χ0v) is 24.0. The van der Waals surface area contributed by atoms with Gasteiger partial charge in [0.25, 0.3) is 5.91 Å². The average molecular weight is 586 g/mol. The molecule has 2 amide bonds. The van der Waals surface area contributed by atoms with Crippen molar-refractivity contribution < 1.29 is 23.1 Å². The lowest BCUT2D eigenvalue weighted by Crippen LogP contribution is -2.57. The summed E-state index contributed by atoms with van der Waals surface area (Å²) in [6.07, 6.45) is 1.68. The minimum absolute atomic E-state index is 0.0643. The molecule has 5 heterocycles. The topological polar surface area (TPSA) is 69.2 Å². The highest BCUT2D eigenvalue weighted by atomic mass is 35.5. The maximum absolute atomic E-state index is 15.1. The number of amides is 2. The Balaban J connectivity index is 1.47. The van der Waals surface area contributed by atoms with Gasteiger partial charge in [-0.15, -0.1) is 0 Å². The minimum Gasteiger partial charge on any atom is -0.489 e. The minimum atomic E-state index is -0.844. The summed E-state index contributed by atoms with van der Waals surface area (Å²) in [5, 5.41) is 0.0643. The first-order valence-corrected chi connectivity index (χ1v) is 14.5. The van der Waals surface area contributed by atoms with Crippen LogP contribution in [0.5, 0.6) is 5.75 Å². The van der Waals surface area contributed by atoms with Crippen molar-refractivity contribution in [3.8, 4) is 17.0 Å². The number of aromatic nitrogens is 1. The lowest BCUT2D eigenvalue weighted by Gasteiger charge is -2.40. The van der Waals surface area contributed by atoms with E-state index in [4.69, 9.17) is 21.3 Å². The number of carbonyl (C=O) groups excluding carboxylic acids is 2. The van der Waals surface area contributed by atoms with E-state index in [2.05, 4.69) is 30.2 Å². The molecule has 3 fully saturated rings. The van der Waals surface area contributed by atoms with Crippen LogP contribution in [0.4, 0.5) is 14.6 Å². The second kappa shape index (κ2) is 10.5. The quantitative estimate of drug-likeness (QED) is 0.502. The number of halogens is 3. The van der Waals surface area contributed by atoms with Gasteiger partial charge in [0.15, 0.2) is 5.75 Å². The van der Waals surface area contributed by atoms with E-state index in [9.17, 15) is 14.0 Å². The van der Waals surface area contributed by atoms with Gasteiger partial charge in [-0.25, -0.2) is 13.8 Å². The molecule has 0 N–H and O–H groups in total. The Morgan fingerprint density at radius 3 is 2.66 bits per heavy atom. The molecule has 3 atom stereocenters. The molecular weight excluding hydrogens is 552 g/mol. The average Bonchev–Trinajstić information content (AvgIpc) is 3.49. The van der Waals surface area contributed by atoms with E-state index in [1.807, 2.05) is 0 Å². The Labute approximate surface area is 243 Å². The van der Waals surface area contributed by atoms with Crippen molar-refractivity contribution in [1.82, 2.24) is 19.7 Å². The number of alkyl halides is 1. The molecule has 1 aromatic carbocycles. The van der Waals surface area contributed by atoms with Gasteiger partial charge in [0.2, 0.25) is 5.91 Å². The van der Waals surface area contributed by atoms with Crippen LogP contribution in [0.2, 0.25) is 5.02 Å². The third kappa shape index (κ3) is 4.84. The number of benzene rings is 1. The Hall–Kier alpha value is -3.24. The predicted octanol–water partition coefficient (Wildman–Crippen LogP) is 4.17. The first-order valence-electron chi connectivity index (χ1n) is 14.1. The molecule has 6 rings (SSSR count). The van der Waals surface area contributed by atoms with E-state index in [1.165, 1.54) is 12.1 Å². The third-order valence-corrected chi connectivity index (χ3v) is 9.21. The molecule has 41 heavy (non-hydrogen) atoms. The van der Waals surface area contributed by atoms with Gasteiger partial charge in [-0.2, -0.15) is 0 Å². The van der Waals surface area contributed by atoms with Crippen molar-refractivity contribution in [2.75, 3.05) is 50.8 Å². The number of ether oxygens (including phenoxy) is 1. The Morgan fingerprint density at radius 2 is 1.95 bits per heavy atom. The van der Waals surface area contributed by atoms with E-state index < -0.39 is 23.6 Å². The molecule has 4 aliphatic rings. The first-order chi connectivity index (χ1) is 19.6. The molecule has 11 heteroatoms. The Bertz CT molecular complexity index is 1400. The number of hydrogen-bond acceptors (Lipinski definition) is 6. The number of likely N-dealkylation sites (tertiary alicyclic amines) is 1. The molecule has 0 saturated carbocycles. The van der Waals surface area contributed by atoms with Crippen LogP contribution in [0.25, 0.3) is 11.3 Å². The molecule has 4 aliphatic heterocycles. The summed E-state index contributed by atoms with van der Waals surface area (Å²) in [5.41, 5.74) is 0.190. The van der Waals surface area contributed by atoms with Crippen LogP contribution in [0.15, 0.2) is 36.9 Å². The van der Waals surface area contributed by atoms with Crippen LogP contribution in [-0.2, 0) is 4.79 Å². The zero-order chi connectivity index (χ0) is 29.1. The number of piperazine rings is 1. The number of nitrogens with zero attached hydrogens (tertiary/aromatic N) is 5. The number of hydrogen-bond donors (Lipinski definition) is 0. The van der Waals surface area contributed by atoms with Gasteiger partial charge in [0.1, 0.15) is 35.0 Å². The molecule has 1 aromatic heterocycles. The van der Waals surface area contributed by atoms with Crippen molar-refractivity contribution in [3.63, 3.8) is 0 Å². The van der Waals surface area contributed by atoms with Crippen LogP contribution >= 0.6 is 11.6 Å². The van der Waals surface area contributed by atoms with Gasteiger partial charge in [-0.3, -0.25) is 14.5 Å². The molecule has 2 aromatic rings. The van der Waals surface area contributed by atoms with Gasteiger partial charge in [-0.05, 0) is 44.9 Å². The van der Waals surface area contributed by atoms with E-state index in [0.29, 0.717) is 51.5 Å². The van der Waals surface area contributed by atoms with Crippen LogP contribution in [0.1, 0.15) is 37.0 Å². The lowest BCUT2D eigenvalue weighted by molar-refractivity contribution is -0.128. The molecule has 8 nitrogen and oxygen atoms in total. The highest BCUT2D eigenvalue weighted by Crippen LogP contribution is 2.47. The molecular formula is C30H34ClF2N5O3. The van der Waals surface area contributed by atoms with Crippen LogP contribution in [-0.4, -0.2) is 101 Å². The molecule has 0 bridgehead atoms. The van der Waals surface area contributed by atoms with E-state index in [1.54, 1.807) is 28.0 Å². The zero-order valence-electron chi connectivity index (χ0n) is 23.3. The second-order valence-corrected chi connectivity index (χ2v) is 12.3. The van der Waals surface area contributed by atoms with Gasteiger partial charge in [-0.1, -0.05) is 30.3 Å². The normalized spacial score (nSPS) is 25.9. The summed E-state index contributed by atoms with van der Waals surface area (Å²) in [4.78, 5) is 39.2. The van der Waals surface area contributed by atoms with Crippen molar-refractivity contribution >= 4 is 29.2 Å². The van der Waals surface area contributed by atoms with Gasteiger partial charge in [0.05, 0.1) is 11.7 Å².